The Bertz CT molecular complexity index is 194. The normalized spacial score (nSPS) is 10.5. The lowest BCUT2D eigenvalue weighted by molar-refractivity contribution is 0.309. The predicted molar refractivity (Wildman–Crippen MR) is 74.5 cm³/mol. The van der Waals surface area contributed by atoms with Crippen LogP contribution in [0.2, 0.25) is 0 Å². The monoisotopic (exact) mass is 223 g/mol. The minimum Gasteiger partial charge on any atom is -0.375 e. The maximum absolute atomic E-state index is 4.22. The van der Waals surface area contributed by atoms with Crippen LogP contribution in [0.15, 0.2) is 24.9 Å². The van der Waals surface area contributed by atoms with Crippen LogP contribution >= 0.6 is 0 Å². The quantitative estimate of drug-likeness (QED) is 0.386. The zero-order chi connectivity index (χ0) is 12.4. The molecule has 0 bridgehead atoms. The largest absolute Gasteiger partial charge is 0.375 e. The smallest absolute Gasteiger partial charge is 0.0177 e. The lowest BCUT2D eigenvalue weighted by atomic mass is 10.1. The number of nitrogens with zero attached hydrogens (tertiary/aromatic N) is 1. The summed E-state index contributed by atoms with van der Waals surface area (Å²) in [4.78, 5) is 2.46. The van der Waals surface area contributed by atoms with Gasteiger partial charge in [-0.1, -0.05) is 33.4 Å². The summed E-state index contributed by atoms with van der Waals surface area (Å²) in [6.45, 7) is 17.1. The van der Waals surface area contributed by atoms with E-state index in [2.05, 4.69) is 38.8 Å². The van der Waals surface area contributed by atoms with Crippen LogP contribution in [0.3, 0.4) is 0 Å². The number of rotatable bonds is 10. The van der Waals surface area contributed by atoms with Crippen LogP contribution in [0.4, 0.5) is 0 Å². The molecule has 0 rings (SSSR count). The third-order valence-corrected chi connectivity index (χ3v) is 2.79. The van der Waals surface area contributed by atoms with Gasteiger partial charge in [0.05, 0.1) is 0 Å². The Balaban J connectivity index is 3.96. The van der Waals surface area contributed by atoms with E-state index in [4.69, 9.17) is 0 Å². The van der Waals surface area contributed by atoms with Crippen LogP contribution in [0.25, 0.3) is 0 Å². The number of unbranched alkanes of at least 4 members (excludes halogenated alkanes) is 1. The molecule has 0 aliphatic rings. The summed E-state index contributed by atoms with van der Waals surface area (Å²) in [5, 5.41) is 0. The van der Waals surface area contributed by atoms with Gasteiger partial charge in [-0.3, -0.25) is 0 Å². The molecule has 0 spiro atoms. The van der Waals surface area contributed by atoms with Gasteiger partial charge in [0.15, 0.2) is 0 Å². The molecule has 1 heteroatoms. The molecule has 0 atom stereocenters. The summed E-state index contributed by atoms with van der Waals surface area (Å²) in [6, 6.07) is 0. The second-order valence-corrected chi connectivity index (χ2v) is 4.92. The summed E-state index contributed by atoms with van der Waals surface area (Å²) >= 11 is 0. The van der Waals surface area contributed by atoms with Crippen molar-refractivity contribution >= 4 is 0 Å². The second-order valence-electron chi connectivity index (χ2n) is 4.92. The van der Waals surface area contributed by atoms with Crippen LogP contribution in [-0.2, 0) is 0 Å². The molecular formula is C15H29N. The molecule has 0 heterocycles. The van der Waals surface area contributed by atoms with Crippen molar-refractivity contribution in [2.24, 2.45) is 5.92 Å². The van der Waals surface area contributed by atoms with Gasteiger partial charge in [-0.2, -0.15) is 0 Å². The standard InChI is InChI=1S/C15H29N/c1-6-8-9-10-15(5)16(12-7-2)13-11-14(3)4/h6,14H,1,5,7-13H2,2-4H3. The van der Waals surface area contributed by atoms with E-state index in [-0.39, 0.29) is 0 Å². The van der Waals surface area contributed by atoms with Gasteiger partial charge < -0.3 is 4.90 Å². The zero-order valence-electron chi connectivity index (χ0n) is 11.5. The van der Waals surface area contributed by atoms with Gasteiger partial charge in [0, 0.05) is 18.8 Å². The van der Waals surface area contributed by atoms with E-state index < -0.39 is 0 Å². The molecular weight excluding hydrogens is 194 g/mol. The Hall–Kier alpha value is -0.720. The number of allylic oxidation sites excluding steroid dienone is 2. The van der Waals surface area contributed by atoms with Gasteiger partial charge in [0.2, 0.25) is 0 Å². The molecule has 0 aromatic heterocycles. The third kappa shape index (κ3) is 7.56. The number of hydrogen-bond donors (Lipinski definition) is 0. The van der Waals surface area contributed by atoms with Crippen LogP contribution < -0.4 is 0 Å². The molecule has 0 amide bonds. The first-order valence-electron chi connectivity index (χ1n) is 6.65. The minimum atomic E-state index is 0.778. The van der Waals surface area contributed by atoms with Gasteiger partial charge in [-0.25, -0.2) is 0 Å². The maximum atomic E-state index is 4.22. The van der Waals surface area contributed by atoms with Crippen molar-refractivity contribution in [3.8, 4) is 0 Å². The molecule has 0 saturated heterocycles. The highest BCUT2D eigenvalue weighted by molar-refractivity contribution is 4.94. The maximum Gasteiger partial charge on any atom is 0.0177 e. The van der Waals surface area contributed by atoms with E-state index in [1.807, 2.05) is 6.08 Å². The van der Waals surface area contributed by atoms with Crippen LogP contribution in [0.5, 0.6) is 0 Å². The lowest BCUT2D eigenvalue weighted by Crippen LogP contribution is -2.25. The molecule has 0 saturated carbocycles. The Labute approximate surface area is 102 Å². The van der Waals surface area contributed by atoms with E-state index >= 15 is 0 Å². The molecule has 0 radical (unpaired) electrons. The molecule has 0 aliphatic heterocycles. The number of hydrogen-bond acceptors (Lipinski definition) is 1. The van der Waals surface area contributed by atoms with Crippen molar-refractivity contribution in [3.05, 3.63) is 24.9 Å². The second kappa shape index (κ2) is 9.50. The third-order valence-electron chi connectivity index (χ3n) is 2.79. The summed E-state index contributed by atoms with van der Waals surface area (Å²) in [7, 11) is 0. The summed E-state index contributed by atoms with van der Waals surface area (Å²) in [5.41, 5.74) is 1.31. The van der Waals surface area contributed by atoms with Crippen LogP contribution in [0.1, 0.15) is 52.9 Å². The molecule has 0 unspecified atom stereocenters. The highest BCUT2D eigenvalue weighted by atomic mass is 15.1. The minimum absolute atomic E-state index is 0.778. The van der Waals surface area contributed by atoms with Gasteiger partial charge in [-0.15, -0.1) is 6.58 Å². The fourth-order valence-electron chi connectivity index (χ4n) is 1.72. The summed E-state index contributed by atoms with van der Waals surface area (Å²) in [5.74, 6) is 0.778. The molecule has 0 aromatic rings. The molecule has 0 N–H and O–H groups in total. The Kier molecular flexibility index (Phi) is 9.07. The predicted octanol–water partition coefficient (Wildman–Crippen LogP) is 4.61. The zero-order valence-corrected chi connectivity index (χ0v) is 11.5. The first-order valence-corrected chi connectivity index (χ1v) is 6.65. The Morgan fingerprint density at radius 2 is 2.00 bits per heavy atom. The molecule has 0 aromatic carbocycles. The molecule has 0 fully saturated rings. The van der Waals surface area contributed by atoms with Crippen molar-refractivity contribution in [2.75, 3.05) is 13.1 Å². The van der Waals surface area contributed by atoms with E-state index in [0.29, 0.717) is 0 Å². The van der Waals surface area contributed by atoms with Gasteiger partial charge >= 0.3 is 0 Å². The van der Waals surface area contributed by atoms with E-state index in [9.17, 15) is 0 Å². The van der Waals surface area contributed by atoms with E-state index in [1.165, 1.54) is 31.5 Å². The van der Waals surface area contributed by atoms with Gasteiger partial charge in [-0.05, 0) is 38.0 Å². The molecule has 94 valence electrons. The molecule has 1 nitrogen and oxygen atoms in total. The lowest BCUT2D eigenvalue weighted by Gasteiger charge is -2.27. The first kappa shape index (κ1) is 15.3. The summed E-state index contributed by atoms with van der Waals surface area (Å²) in [6.07, 6.45) is 7.86. The van der Waals surface area contributed by atoms with Crippen molar-refractivity contribution < 1.29 is 0 Å². The van der Waals surface area contributed by atoms with Crippen molar-refractivity contribution in [2.45, 2.75) is 52.9 Å². The van der Waals surface area contributed by atoms with Crippen molar-refractivity contribution in [1.29, 1.82) is 0 Å². The van der Waals surface area contributed by atoms with Crippen LogP contribution in [-0.4, -0.2) is 18.0 Å². The van der Waals surface area contributed by atoms with Crippen molar-refractivity contribution in [1.82, 2.24) is 4.90 Å². The highest BCUT2D eigenvalue weighted by Crippen LogP contribution is 2.14. The SMILES string of the molecule is C=CCCCC(=C)N(CCC)CCC(C)C. The van der Waals surface area contributed by atoms with E-state index in [0.717, 1.165) is 25.3 Å². The average Bonchev–Trinajstić information content (AvgIpc) is 2.24. The molecule has 16 heavy (non-hydrogen) atoms. The first-order chi connectivity index (χ1) is 7.61. The average molecular weight is 223 g/mol. The Morgan fingerprint density at radius 1 is 1.31 bits per heavy atom. The van der Waals surface area contributed by atoms with Crippen LogP contribution in [0, 0.1) is 5.92 Å². The topological polar surface area (TPSA) is 3.24 Å². The summed E-state index contributed by atoms with van der Waals surface area (Å²) < 4.78 is 0. The van der Waals surface area contributed by atoms with Gasteiger partial charge in [0.1, 0.15) is 0 Å². The highest BCUT2D eigenvalue weighted by Gasteiger charge is 2.07. The van der Waals surface area contributed by atoms with Gasteiger partial charge in [0.25, 0.3) is 0 Å². The van der Waals surface area contributed by atoms with Crippen molar-refractivity contribution in [3.63, 3.8) is 0 Å². The fourth-order valence-corrected chi connectivity index (χ4v) is 1.72. The van der Waals surface area contributed by atoms with E-state index in [1.54, 1.807) is 0 Å². The Morgan fingerprint density at radius 3 is 2.50 bits per heavy atom. The fraction of sp³-hybridized carbons (Fsp3) is 0.733. The molecule has 0 aliphatic carbocycles.